The molecule has 0 aliphatic carbocycles. The summed E-state index contributed by atoms with van der Waals surface area (Å²) in [4.78, 5) is 38.1. The van der Waals surface area contributed by atoms with Crippen LogP contribution >= 0.6 is 0 Å². The summed E-state index contributed by atoms with van der Waals surface area (Å²) in [7, 11) is 0. The largest absolute Gasteiger partial charge is 0.462 e. The van der Waals surface area contributed by atoms with E-state index in [4.69, 9.17) is 14.2 Å². The summed E-state index contributed by atoms with van der Waals surface area (Å²) in [6.45, 7) is 6.43. The maximum Gasteiger partial charge on any atom is 0.306 e. The van der Waals surface area contributed by atoms with Gasteiger partial charge in [-0.2, -0.15) is 0 Å². The number of rotatable bonds is 52. The topological polar surface area (TPSA) is 78.9 Å². The second-order valence-corrected chi connectivity index (χ2v) is 19.3. The highest BCUT2D eigenvalue weighted by Gasteiger charge is 2.19. The van der Waals surface area contributed by atoms with Gasteiger partial charge < -0.3 is 14.2 Å². The molecule has 69 heavy (non-hydrogen) atoms. The fourth-order valence-corrected chi connectivity index (χ4v) is 8.17. The first-order valence-electron chi connectivity index (χ1n) is 29.2. The lowest BCUT2D eigenvalue weighted by Gasteiger charge is -2.18. The average molecular weight is 962 g/mol. The second kappa shape index (κ2) is 57.2. The minimum atomic E-state index is -0.806. The van der Waals surface area contributed by atoms with E-state index in [1.165, 1.54) is 180 Å². The lowest BCUT2D eigenvalue weighted by atomic mass is 10.0. The van der Waals surface area contributed by atoms with Crippen molar-refractivity contribution in [1.29, 1.82) is 0 Å². The molecule has 0 N–H and O–H groups in total. The first-order valence-corrected chi connectivity index (χ1v) is 29.2. The van der Waals surface area contributed by atoms with Crippen molar-refractivity contribution in [2.75, 3.05) is 13.2 Å². The molecule has 0 fully saturated rings. The summed E-state index contributed by atoms with van der Waals surface area (Å²) in [6, 6.07) is 0. The van der Waals surface area contributed by atoms with E-state index in [0.29, 0.717) is 19.3 Å². The Morgan fingerprint density at radius 3 is 0.986 bits per heavy atom. The quantitative estimate of drug-likeness (QED) is 0.0262. The molecule has 0 aromatic heterocycles. The van der Waals surface area contributed by atoms with Gasteiger partial charge in [0.15, 0.2) is 6.10 Å². The molecule has 0 saturated carbocycles. The minimum Gasteiger partial charge on any atom is -0.462 e. The summed E-state index contributed by atoms with van der Waals surface area (Å²) < 4.78 is 16.8. The molecule has 0 radical (unpaired) electrons. The minimum absolute atomic E-state index is 0.0990. The van der Waals surface area contributed by atoms with Crippen LogP contribution in [-0.2, 0) is 28.6 Å². The third-order valence-corrected chi connectivity index (χ3v) is 12.5. The van der Waals surface area contributed by atoms with E-state index in [1.807, 2.05) is 54.7 Å². The second-order valence-electron chi connectivity index (χ2n) is 19.3. The maximum atomic E-state index is 12.9. The van der Waals surface area contributed by atoms with Crippen molar-refractivity contribution in [3.63, 3.8) is 0 Å². The predicted octanol–water partition coefficient (Wildman–Crippen LogP) is 19.5. The third kappa shape index (κ3) is 55.4. The van der Waals surface area contributed by atoms with E-state index in [0.717, 1.165) is 51.4 Å². The van der Waals surface area contributed by atoms with Crippen LogP contribution < -0.4 is 0 Å². The van der Waals surface area contributed by atoms with Crippen molar-refractivity contribution in [2.24, 2.45) is 0 Å². The number of carbonyl (C=O) groups excluding carboxylic acids is 3. The molecular weight excluding hydrogens is 853 g/mol. The molecule has 6 heteroatoms. The summed E-state index contributed by atoms with van der Waals surface area (Å²) in [5.74, 6) is -0.970. The SMILES string of the molecule is CC\C=C/C=C\C=C/C=C\C=C/CCCC(=O)OCC(COC(=O)CCCCCCCCCCCC/C=C\C=C/CCCCC)OC(=O)CCCCCCCCCCCCCCCCCCCCC. The molecule has 0 aromatic rings. The Balaban J connectivity index is 4.40. The van der Waals surface area contributed by atoms with Crippen LogP contribution in [0.3, 0.4) is 0 Å². The molecule has 0 aliphatic heterocycles. The van der Waals surface area contributed by atoms with Crippen LogP contribution in [0.4, 0.5) is 0 Å². The average Bonchev–Trinajstić information content (AvgIpc) is 3.35. The summed E-state index contributed by atoms with van der Waals surface area (Å²) >= 11 is 0. The van der Waals surface area contributed by atoms with Gasteiger partial charge in [-0.25, -0.2) is 0 Å². The van der Waals surface area contributed by atoms with Crippen LogP contribution in [0.15, 0.2) is 85.1 Å². The Hall–Kier alpha value is -3.41. The fourth-order valence-electron chi connectivity index (χ4n) is 8.17. The Morgan fingerprint density at radius 2 is 0.580 bits per heavy atom. The van der Waals surface area contributed by atoms with Gasteiger partial charge in [0.25, 0.3) is 0 Å². The van der Waals surface area contributed by atoms with Crippen molar-refractivity contribution < 1.29 is 28.6 Å². The zero-order chi connectivity index (χ0) is 50.0. The molecule has 6 nitrogen and oxygen atoms in total. The molecule has 0 saturated heterocycles. The molecule has 0 aliphatic rings. The van der Waals surface area contributed by atoms with E-state index in [2.05, 4.69) is 51.2 Å². The van der Waals surface area contributed by atoms with Crippen molar-refractivity contribution in [1.82, 2.24) is 0 Å². The maximum absolute atomic E-state index is 12.9. The third-order valence-electron chi connectivity index (χ3n) is 12.5. The molecule has 0 spiro atoms. The van der Waals surface area contributed by atoms with E-state index in [1.54, 1.807) is 0 Å². The first-order chi connectivity index (χ1) is 34.0. The van der Waals surface area contributed by atoms with Gasteiger partial charge in [0, 0.05) is 19.3 Å². The molecule has 1 unspecified atom stereocenters. The van der Waals surface area contributed by atoms with E-state index >= 15 is 0 Å². The monoisotopic (exact) mass is 961 g/mol. The number of hydrogen-bond acceptors (Lipinski definition) is 6. The smallest absolute Gasteiger partial charge is 0.306 e. The molecular formula is C63H108O6. The zero-order valence-corrected chi connectivity index (χ0v) is 45.3. The Labute approximate surface area is 426 Å². The highest BCUT2D eigenvalue weighted by atomic mass is 16.6. The molecule has 0 rings (SSSR count). The Bertz CT molecular complexity index is 1330. The predicted molar refractivity (Wildman–Crippen MR) is 297 cm³/mol. The first kappa shape index (κ1) is 65.6. The van der Waals surface area contributed by atoms with E-state index < -0.39 is 6.10 Å². The van der Waals surface area contributed by atoms with Crippen LogP contribution in [0.25, 0.3) is 0 Å². The molecule has 0 aromatic carbocycles. The van der Waals surface area contributed by atoms with Gasteiger partial charge in [-0.15, -0.1) is 0 Å². The van der Waals surface area contributed by atoms with Crippen LogP contribution in [-0.4, -0.2) is 37.2 Å². The molecule has 0 heterocycles. The van der Waals surface area contributed by atoms with Gasteiger partial charge in [0.2, 0.25) is 0 Å². The highest BCUT2D eigenvalue weighted by Crippen LogP contribution is 2.16. The Kier molecular flexibility index (Phi) is 54.3. The summed E-state index contributed by atoms with van der Waals surface area (Å²) in [5.41, 5.74) is 0. The van der Waals surface area contributed by atoms with Gasteiger partial charge in [-0.3, -0.25) is 14.4 Å². The molecule has 396 valence electrons. The van der Waals surface area contributed by atoms with Crippen LogP contribution in [0.1, 0.15) is 278 Å². The zero-order valence-electron chi connectivity index (χ0n) is 45.3. The number of hydrogen-bond donors (Lipinski definition) is 0. The van der Waals surface area contributed by atoms with Crippen molar-refractivity contribution in [3.8, 4) is 0 Å². The number of carbonyl (C=O) groups is 3. The number of ether oxygens (including phenoxy) is 3. The fraction of sp³-hybridized carbons (Fsp3) is 0.730. The van der Waals surface area contributed by atoms with Crippen molar-refractivity contribution in [2.45, 2.75) is 284 Å². The van der Waals surface area contributed by atoms with Gasteiger partial charge in [0.05, 0.1) is 0 Å². The van der Waals surface area contributed by atoms with E-state index in [-0.39, 0.29) is 37.5 Å². The molecule has 1 atom stereocenters. The van der Waals surface area contributed by atoms with Crippen LogP contribution in [0, 0.1) is 0 Å². The summed E-state index contributed by atoms with van der Waals surface area (Å²) in [6.07, 6.45) is 74.4. The van der Waals surface area contributed by atoms with Crippen LogP contribution in [0.2, 0.25) is 0 Å². The number of unbranched alkanes of at least 4 members (excludes halogenated alkanes) is 32. The lowest BCUT2D eigenvalue weighted by Crippen LogP contribution is -2.30. The van der Waals surface area contributed by atoms with Gasteiger partial charge in [-0.05, 0) is 57.8 Å². The Morgan fingerprint density at radius 1 is 0.304 bits per heavy atom. The normalized spacial score (nSPS) is 12.7. The standard InChI is InChI=1S/C63H108O6/c1-4-7-10-13-16-19-22-25-27-29-31-33-35-38-41-44-47-50-53-56-62(65)68-59-60(58-67-61(64)55-52-49-46-43-40-37-24-21-18-15-12-9-6-3)69-63(66)57-54-51-48-45-42-39-36-34-32-30-28-26-23-20-17-14-11-8-5-2/h9,12,15-16,18-19,21-22,24-25,37,40,43,46,60H,4-8,10-11,13-14,17,20,23,26-36,38-39,41-42,44-45,47-59H2,1-3H3/b12-9-,18-15-,19-16-,24-21-,25-22-,40-37-,46-43-. The molecule has 0 amide bonds. The highest BCUT2D eigenvalue weighted by molar-refractivity contribution is 5.71. The van der Waals surface area contributed by atoms with Crippen molar-refractivity contribution >= 4 is 17.9 Å². The van der Waals surface area contributed by atoms with Gasteiger partial charge >= 0.3 is 17.9 Å². The van der Waals surface area contributed by atoms with E-state index in [9.17, 15) is 14.4 Å². The number of allylic oxidation sites excluding steroid dienone is 14. The summed E-state index contributed by atoms with van der Waals surface area (Å²) in [5, 5.41) is 0. The van der Waals surface area contributed by atoms with Gasteiger partial charge in [-0.1, -0.05) is 286 Å². The lowest BCUT2D eigenvalue weighted by molar-refractivity contribution is -0.167. The number of esters is 3. The van der Waals surface area contributed by atoms with Crippen LogP contribution in [0.5, 0.6) is 0 Å². The van der Waals surface area contributed by atoms with Crippen molar-refractivity contribution in [3.05, 3.63) is 85.1 Å². The van der Waals surface area contributed by atoms with Gasteiger partial charge in [0.1, 0.15) is 13.2 Å². The molecule has 0 bridgehead atoms.